The fourth-order valence-electron chi connectivity index (χ4n) is 0.360. The summed E-state index contributed by atoms with van der Waals surface area (Å²) in [7, 11) is 0. The molecule has 0 heterocycles. The molecule has 57 valence electrons. The Morgan fingerprint density at radius 1 is 1.40 bits per heavy atom. The monoisotopic (exact) mass is 225 g/mol. The molecule has 0 N–H and O–H groups in total. The molecule has 0 aliphatic rings. The summed E-state index contributed by atoms with van der Waals surface area (Å²) >= 11 is 0. The van der Waals surface area contributed by atoms with Gasteiger partial charge in [0, 0.05) is 32.7 Å². The number of hydrogen-bond acceptors (Lipinski definition) is 0. The molecule has 0 nitrogen and oxygen atoms in total. The van der Waals surface area contributed by atoms with E-state index in [0.29, 0.717) is 0 Å². The minimum atomic E-state index is -4.25. The van der Waals surface area contributed by atoms with Gasteiger partial charge in [-0.1, -0.05) is 0 Å². The van der Waals surface area contributed by atoms with Crippen molar-refractivity contribution >= 4 is 0 Å². The first-order chi connectivity index (χ1) is 4.02. The van der Waals surface area contributed by atoms with Crippen molar-refractivity contribution in [2.75, 3.05) is 0 Å². The number of hydrogen-bond donors (Lipinski definition) is 0. The third kappa shape index (κ3) is 4.34. The van der Waals surface area contributed by atoms with Gasteiger partial charge in [-0.3, -0.25) is 0 Å². The zero-order valence-electron chi connectivity index (χ0n) is 5.41. The van der Waals surface area contributed by atoms with E-state index in [1.807, 2.05) is 0 Å². The van der Waals surface area contributed by atoms with Gasteiger partial charge in [0.05, 0.1) is 0 Å². The molecule has 0 aromatic rings. The zero-order valence-corrected chi connectivity index (χ0v) is 8.25. The molecule has 0 aliphatic heterocycles. The summed E-state index contributed by atoms with van der Waals surface area (Å²) in [6.45, 7) is 6.10. The maximum atomic E-state index is 11.6. The van der Waals surface area contributed by atoms with E-state index in [9.17, 15) is 13.2 Å². The van der Waals surface area contributed by atoms with Crippen LogP contribution in [0, 0.1) is 13.8 Å². The molecule has 0 fully saturated rings. The van der Waals surface area contributed by atoms with E-state index < -0.39 is 11.7 Å². The third-order valence-electron chi connectivity index (χ3n) is 0.880. The van der Waals surface area contributed by atoms with Crippen molar-refractivity contribution in [2.24, 2.45) is 0 Å². The Kier molecular flexibility index (Phi) is 6.81. The van der Waals surface area contributed by atoms with Crippen LogP contribution < -0.4 is 0 Å². The molecule has 0 amide bonds. The van der Waals surface area contributed by atoms with Crippen molar-refractivity contribution in [3.05, 3.63) is 25.5 Å². The van der Waals surface area contributed by atoms with Crippen LogP contribution in [-0.2, 0) is 32.7 Å². The molecule has 0 aromatic heterocycles. The quantitative estimate of drug-likeness (QED) is 0.601. The molecule has 0 spiro atoms. The second-order valence-corrected chi connectivity index (χ2v) is 1.48. The van der Waals surface area contributed by atoms with E-state index >= 15 is 0 Å². The molecule has 0 atom stereocenters. The van der Waals surface area contributed by atoms with Gasteiger partial charge >= 0.3 is 6.18 Å². The van der Waals surface area contributed by atoms with E-state index in [1.165, 1.54) is 0 Å². The molecule has 1 radical (unpaired) electrons. The molecule has 4 heteroatoms. The van der Waals surface area contributed by atoms with Crippen molar-refractivity contribution in [1.82, 2.24) is 0 Å². The van der Waals surface area contributed by atoms with Gasteiger partial charge in [0.1, 0.15) is 0 Å². The molecule has 0 unspecified atom stereocenters. The Bertz CT molecular complexity index is 115. The van der Waals surface area contributed by atoms with Gasteiger partial charge in [-0.05, 0) is 0 Å². The molecular formula is C6H7F3Y-2. The van der Waals surface area contributed by atoms with Gasteiger partial charge in [0.25, 0.3) is 0 Å². The second-order valence-electron chi connectivity index (χ2n) is 1.48. The molecule has 0 aromatic carbocycles. The second kappa shape index (κ2) is 5.19. The number of alkyl halides is 3. The van der Waals surface area contributed by atoms with Gasteiger partial charge in [-0.2, -0.15) is 13.2 Å². The van der Waals surface area contributed by atoms with E-state index in [-0.39, 0.29) is 39.1 Å². The maximum Gasteiger partial charge on any atom is 0.343 e. The Hall–Kier alpha value is 0.504. The number of allylic oxidation sites excluding steroid dienone is 2. The molecule has 0 aliphatic carbocycles. The van der Waals surface area contributed by atoms with Gasteiger partial charge in [0.2, 0.25) is 0 Å². The van der Waals surface area contributed by atoms with Crippen molar-refractivity contribution in [3.8, 4) is 0 Å². The molecule has 10 heavy (non-hydrogen) atoms. The minimum absolute atomic E-state index is 0. The van der Waals surface area contributed by atoms with Crippen LogP contribution in [0.2, 0.25) is 0 Å². The molecule has 0 saturated heterocycles. The average Bonchev–Trinajstić information content (AvgIpc) is 1.65. The minimum Gasteiger partial charge on any atom is -0.355 e. The smallest absolute Gasteiger partial charge is 0.343 e. The summed E-state index contributed by atoms with van der Waals surface area (Å²) < 4.78 is 34.7. The van der Waals surface area contributed by atoms with Crippen molar-refractivity contribution in [1.29, 1.82) is 0 Å². The first-order valence-electron chi connectivity index (χ1n) is 2.37. The Balaban J connectivity index is 0. The van der Waals surface area contributed by atoms with E-state index in [2.05, 4.69) is 13.8 Å². The fourth-order valence-corrected chi connectivity index (χ4v) is 0.360. The van der Waals surface area contributed by atoms with Gasteiger partial charge < -0.3 is 6.92 Å². The molecule has 0 saturated carbocycles. The van der Waals surface area contributed by atoms with Crippen molar-refractivity contribution in [3.63, 3.8) is 0 Å². The fraction of sp³-hybridized carbons (Fsp3) is 0.333. The summed E-state index contributed by atoms with van der Waals surface area (Å²) in [5.74, 6) is 0. The van der Waals surface area contributed by atoms with Gasteiger partial charge in [0.15, 0.2) is 0 Å². The van der Waals surface area contributed by atoms with Crippen LogP contribution in [0.1, 0.15) is 6.42 Å². The van der Waals surface area contributed by atoms with Crippen LogP contribution in [-0.4, -0.2) is 6.18 Å². The summed E-state index contributed by atoms with van der Waals surface area (Å²) in [6, 6.07) is 0. The van der Waals surface area contributed by atoms with E-state index in [0.717, 1.165) is 6.08 Å². The van der Waals surface area contributed by atoms with Gasteiger partial charge in [-0.15, -0.1) is 5.57 Å². The summed E-state index contributed by atoms with van der Waals surface area (Å²) in [4.78, 5) is 0. The Labute approximate surface area is 83.8 Å². The van der Waals surface area contributed by atoms with Crippen LogP contribution in [0.5, 0.6) is 0 Å². The average molecular weight is 225 g/mol. The first-order valence-corrected chi connectivity index (χ1v) is 2.37. The Morgan fingerprint density at radius 3 is 1.80 bits per heavy atom. The maximum absolute atomic E-state index is 11.6. The third-order valence-corrected chi connectivity index (χ3v) is 0.880. The number of rotatable bonds is 1. The van der Waals surface area contributed by atoms with Crippen LogP contribution in [0.4, 0.5) is 13.2 Å². The van der Waals surface area contributed by atoms with Gasteiger partial charge in [-0.25, -0.2) is 19.4 Å². The Morgan fingerprint density at radius 2 is 1.80 bits per heavy atom. The van der Waals surface area contributed by atoms with Crippen molar-refractivity contribution < 1.29 is 45.9 Å². The summed E-state index contributed by atoms with van der Waals surface area (Å²) in [5.41, 5.74) is -0.678. The first kappa shape index (κ1) is 13.1. The summed E-state index contributed by atoms with van der Waals surface area (Å²) in [5, 5.41) is 0. The normalized spacial score (nSPS) is 12.6. The predicted molar refractivity (Wildman–Crippen MR) is 29.5 cm³/mol. The largest absolute Gasteiger partial charge is 0.355 e. The van der Waals surface area contributed by atoms with E-state index in [1.54, 1.807) is 0 Å². The topological polar surface area (TPSA) is 0 Å². The summed E-state index contributed by atoms with van der Waals surface area (Å²) in [6.07, 6.45) is -3.72. The predicted octanol–water partition coefficient (Wildman–Crippen LogP) is 2.53. The van der Waals surface area contributed by atoms with Crippen molar-refractivity contribution in [2.45, 2.75) is 12.6 Å². The number of halogens is 3. The SMILES string of the molecule is [CH2-]/C=C(\C[CH2-])C(F)(F)F.[Y]. The van der Waals surface area contributed by atoms with Crippen LogP contribution >= 0.6 is 0 Å². The van der Waals surface area contributed by atoms with E-state index in [4.69, 9.17) is 0 Å². The molecular weight excluding hydrogens is 218 g/mol. The standard InChI is InChI=1S/C6H7F3.Y/c1-3-5(4-2)6(7,8)9;/h3H,1-2,4H2;/q-2;/b5-3+;. The van der Waals surface area contributed by atoms with Crippen LogP contribution in [0.15, 0.2) is 11.6 Å². The zero-order chi connectivity index (χ0) is 7.49. The van der Waals surface area contributed by atoms with Crippen LogP contribution in [0.25, 0.3) is 0 Å². The molecule has 0 bridgehead atoms. The van der Waals surface area contributed by atoms with Crippen LogP contribution in [0.3, 0.4) is 0 Å². The molecule has 0 rings (SSSR count).